The first-order chi connectivity index (χ1) is 13.3. The third-order valence-corrected chi connectivity index (χ3v) is 4.66. The maximum absolute atomic E-state index is 13.9. The summed E-state index contributed by atoms with van der Waals surface area (Å²) in [4.78, 5) is 11.0. The zero-order valence-electron chi connectivity index (χ0n) is 14.3. The zero-order valence-corrected chi connectivity index (χ0v) is 14.3. The molecule has 0 atom stereocenters. The van der Waals surface area contributed by atoms with E-state index in [0.717, 1.165) is 25.3 Å². The van der Waals surface area contributed by atoms with Crippen molar-refractivity contribution in [1.29, 1.82) is 0 Å². The Labute approximate surface area is 153 Å². The van der Waals surface area contributed by atoms with Gasteiger partial charge in [-0.15, -0.1) is 0 Å². The molecule has 0 spiro atoms. The Bertz CT molecular complexity index is 1090. The maximum Gasteiger partial charge on any atom is 0.259 e. The number of benzene rings is 1. The minimum Gasteiger partial charge on any atom is -0.352 e. The number of nitrogens with zero attached hydrogens (tertiary/aromatic N) is 5. The summed E-state index contributed by atoms with van der Waals surface area (Å²) in [6.45, 7) is 1.65. The highest BCUT2D eigenvalue weighted by atomic mass is 19.1. The maximum atomic E-state index is 13.9. The summed E-state index contributed by atoms with van der Waals surface area (Å²) in [5, 5.41) is 11.0. The summed E-state index contributed by atoms with van der Waals surface area (Å²) in [6, 6.07) is 10.1. The van der Waals surface area contributed by atoms with Crippen molar-refractivity contribution >= 4 is 5.82 Å². The topological polar surface area (TPSA) is 83.7 Å². The van der Waals surface area contributed by atoms with E-state index in [4.69, 9.17) is 4.52 Å². The van der Waals surface area contributed by atoms with Gasteiger partial charge in [-0.1, -0.05) is 17.3 Å². The number of fused-ring (bicyclic) bond motifs is 1. The van der Waals surface area contributed by atoms with Gasteiger partial charge in [0.2, 0.25) is 5.82 Å². The Balaban J connectivity index is 1.38. The van der Waals surface area contributed by atoms with E-state index < -0.39 is 0 Å². The Morgan fingerprint density at radius 3 is 2.89 bits per heavy atom. The van der Waals surface area contributed by atoms with Gasteiger partial charge in [0.25, 0.3) is 5.89 Å². The molecule has 0 saturated heterocycles. The highest BCUT2D eigenvalue weighted by Crippen LogP contribution is 2.26. The fourth-order valence-electron chi connectivity index (χ4n) is 3.21. The van der Waals surface area contributed by atoms with Crippen molar-refractivity contribution in [2.75, 3.05) is 11.4 Å². The molecule has 0 radical (unpaired) electrons. The Morgan fingerprint density at radius 2 is 2.04 bits per heavy atom. The van der Waals surface area contributed by atoms with Gasteiger partial charge in [0, 0.05) is 37.0 Å². The molecule has 0 bridgehead atoms. The normalized spacial score (nSPS) is 13.6. The van der Waals surface area contributed by atoms with Gasteiger partial charge in [0.1, 0.15) is 11.6 Å². The third kappa shape index (κ3) is 2.84. The standard InChI is InChI=1S/C19H15FN6O/c20-15-4-2-1-3-14(15)18-23-19(27-25-18)12-5-6-17(21-9-12)26-8-7-16-13(11-26)10-22-24-16/h1-6,9-10H,7-8,11H2,(H,22,24). The van der Waals surface area contributed by atoms with Crippen LogP contribution in [0.5, 0.6) is 0 Å². The lowest BCUT2D eigenvalue weighted by Crippen LogP contribution is -2.30. The molecule has 1 N–H and O–H groups in total. The van der Waals surface area contributed by atoms with Gasteiger partial charge in [-0.2, -0.15) is 10.1 Å². The molecule has 3 aromatic heterocycles. The van der Waals surface area contributed by atoms with Crippen LogP contribution >= 0.6 is 0 Å². The van der Waals surface area contributed by atoms with Crippen molar-refractivity contribution in [3.05, 3.63) is 65.9 Å². The Hall–Kier alpha value is -3.55. The third-order valence-electron chi connectivity index (χ3n) is 4.66. The van der Waals surface area contributed by atoms with E-state index in [2.05, 4.69) is 30.2 Å². The molecule has 7 nitrogen and oxygen atoms in total. The van der Waals surface area contributed by atoms with Gasteiger partial charge < -0.3 is 9.42 Å². The molecule has 0 amide bonds. The quantitative estimate of drug-likeness (QED) is 0.602. The Morgan fingerprint density at radius 1 is 1.11 bits per heavy atom. The van der Waals surface area contributed by atoms with Crippen LogP contribution in [0.1, 0.15) is 11.3 Å². The van der Waals surface area contributed by atoms with Crippen LogP contribution in [-0.2, 0) is 13.0 Å². The molecule has 0 saturated carbocycles. The number of anilines is 1. The highest BCUT2D eigenvalue weighted by molar-refractivity contribution is 5.60. The predicted octanol–water partition coefficient (Wildman–Crippen LogP) is 3.22. The smallest absolute Gasteiger partial charge is 0.259 e. The van der Waals surface area contributed by atoms with Crippen molar-refractivity contribution in [3.8, 4) is 22.8 Å². The minimum absolute atomic E-state index is 0.218. The first-order valence-electron chi connectivity index (χ1n) is 8.59. The Kier molecular flexibility index (Phi) is 3.67. The number of nitrogens with one attached hydrogen (secondary N) is 1. The number of pyridine rings is 1. The average Bonchev–Trinajstić information content (AvgIpc) is 3.37. The largest absolute Gasteiger partial charge is 0.352 e. The number of halogens is 1. The van der Waals surface area contributed by atoms with Crippen molar-refractivity contribution in [1.82, 2.24) is 25.3 Å². The molecular weight excluding hydrogens is 347 g/mol. The fourth-order valence-corrected chi connectivity index (χ4v) is 3.21. The van der Waals surface area contributed by atoms with Crippen LogP contribution in [0.25, 0.3) is 22.8 Å². The molecule has 134 valence electrons. The first kappa shape index (κ1) is 15.7. The van der Waals surface area contributed by atoms with Crippen LogP contribution in [-0.4, -0.2) is 31.9 Å². The van der Waals surface area contributed by atoms with E-state index in [1.807, 2.05) is 18.3 Å². The lowest BCUT2D eigenvalue weighted by molar-refractivity contribution is 0.431. The SMILES string of the molecule is Fc1ccccc1-c1noc(-c2ccc(N3CCc4[nH]ncc4C3)nc2)n1. The lowest BCUT2D eigenvalue weighted by atomic mass is 10.1. The van der Waals surface area contributed by atoms with Crippen LogP contribution in [0.4, 0.5) is 10.2 Å². The summed E-state index contributed by atoms with van der Waals surface area (Å²) in [6.07, 6.45) is 4.46. The summed E-state index contributed by atoms with van der Waals surface area (Å²) in [7, 11) is 0. The zero-order chi connectivity index (χ0) is 18.2. The van der Waals surface area contributed by atoms with E-state index in [0.29, 0.717) is 17.0 Å². The van der Waals surface area contributed by atoms with Crippen LogP contribution in [0, 0.1) is 5.82 Å². The molecule has 0 fully saturated rings. The number of hydrogen-bond donors (Lipinski definition) is 1. The molecule has 0 unspecified atom stereocenters. The molecule has 1 aliphatic heterocycles. The predicted molar refractivity (Wildman–Crippen MR) is 96.3 cm³/mol. The van der Waals surface area contributed by atoms with Crippen molar-refractivity contribution < 1.29 is 8.91 Å². The van der Waals surface area contributed by atoms with Crippen LogP contribution < -0.4 is 4.90 Å². The van der Waals surface area contributed by atoms with Gasteiger partial charge in [-0.3, -0.25) is 5.10 Å². The van der Waals surface area contributed by atoms with E-state index in [1.54, 1.807) is 24.4 Å². The summed E-state index contributed by atoms with van der Waals surface area (Å²) < 4.78 is 19.2. The molecule has 4 aromatic rings. The highest BCUT2D eigenvalue weighted by Gasteiger charge is 2.19. The van der Waals surface area contributed by atoms with Crippen molar-refractivity contribution in [2.24, 2.45) is 0 Å². The molecule has 1 aromatic carbocycles. The van der Waals surface area contributed by atoms with Gasteiger partial charge in [-0.05, 0) is 24.3 Å². The monoisotopic (exact) mass is 362 g/mol. The molecule has 0 aliphatic carbocycles. The summed E-state index contributed by atoms with van der Waals surface area (Å²) in [5.74, 6) is 1.01. The van der Waals surface area contributed by atoms with Crippen molar-refractivity contribution in [3.63, 3.8) is 0 Å². The molecule has 27 heavy (non-hydrogen) atoms. The first-order valence-corrected chi connectivity index (χ1v) is 8.59. The van der Waals surface area contributed by atoms with Crippen molar-refractivity contribution in [2.45, 2.75) is 13.0 Å². The summed E-state index contributed by atoms with van der Waals surface area (Å²) in [5.41, 5.74) is 3.38. The molecule has 8 heteroatoms. The van der Waals surface area contributed by atoms with Crippen LogP contribution in [0.3, 0.4) is 0 Å². The van der Waals surface area contributed by atoms with Crippen LogP contribution in [0.2, 0.25) is 0 Å². The number of H-pyrrole nitrogens is 1. The second-order valence-corrected chi connectivity index (χ2v) is 6.35. The molecule has 5 rings (SSSR count). The second kappa shape index (κ2) is 6.31. The molecule has 1 aliphatic rings. The molecule has 4 heterocycles. The van der Waals surface area contributed by atoms with Gasteiger partial charge in [0.05, 0.1) is 17.3 Å². The van der Waals surface area contributed by atoms with Gasteiger partial charge in [0.15, 0.2) is 0 Å². The van der Waals surface area contributed by atoms with E-state index in [-0.39, 0.29) is 11.6 Å². The van der Waals surface area contributed by atoms with Crippen LogP contribution in [0.15, 0.2) is 53.3 Å². The number of rotatable bonds is 3. The van der Waals surface area contributed by atoms with E-state index >= 15 is 0 Å². The molecular formula is C19H15FN6O. The second-order valence-electron chi connectivity index (χ2n) is 6.35. The van der Waals surface area contributed by atoms with E-state index in [9.17, 15) is 4.39 Å². The minimum atomic E-state index is -0.387. The number of aromatic amines is 1. The van der Waals surface area contributed by atoms with Gasteiger partial charge in [-0.25, -0.2) is 9.37 Å². The fraction of sp³-hybridized carbons (Fsp3) is 0.158. The average molecular weight is 362 g/mol. The van der Waals surface area contributed by atoms with Gasteiger partial charge >= 0.3 is 0 Å². The van der Waals surface area contributed by atoms with E-state index in [1.165, 1.54) is 17.3 Å². The summed E-state index contributed by atoms with van der Waals surface area (Å²) >= 11 is 0. The number of hydrogen-bond acceptors (Lipinski definition) is 6. The lowest BCUT2D eigenvalue weighted by Gasteiger charge is -2.27. The number of aromatic nitrogens is 5.